The minimum absolute atomic E-state index is 0.214. The molecule has 0 unspecified atom stereocenters. The van der Waals surface area contributed by atoms with Gasteiger partial charge < -0.3 is 4.84 Å². The van der Waals surface area contributed by atoms with Gasteiger partial charge in [-0.05, 0) is 36.0 Å². The lowest BCUT2D eigenvalue weighted by atomic mass is 9.87. The van der Waals surface area contributed by atoms with Crippen LogP contribution >= 0.6 is 0 Å². The van der Waals surface area contributed by atoms with Gasteiger partial charge in [0.25, 0.3) is 0 Å². The van der Waals surface area contributed by atoms with Gasteiger partial charge in [-0.1, -0.05) is 32.9 Å². The molecule has 0 amide bonds. The zero-order chi connectivity index (χ0) is 11.6. The van der Waals surface area contributed by atoms with Crippen LogP contribution in [0.25, 0.3) is 0 Å². The molecule has 0 aliphatic carbocycles. The molecule has 1 fully saturated rings. The van der Waals surface area contributed by atoms with Crippen molar-refractivity contribution in [1.82, 2.24) is 5.06 Å². The standard InChI is InChI=1S/C14H21NO/c1-14(2,3)12-6-8-13(9-7-12)16-15-10-4-5-11-15/h6-9H,4-5,10-11H2,1-3H3. The van der Waals surface area contributed by atoms with E-state index in [1.807, 2.05) is 5.06 Å². The van der Waals surface area contributed by atoms with Crippen LogP contribution in [0.1, 0.15) is 39.2 Å². The molecule has 1 saturated heterocycles. The van der Waals surface area contributed by atoms with Crippen LogP contribution in [0.5, 0.6) is 5.75 Å². The molecule has 1 aromatic rings. The predicted octanol–water partition coefficient (Wildman–Crippen LogP) is 3.37. The summed E-state index contributed by atoms with van der Waals surface area (Å²) in [5.41, 5.74) is 1.56. The second kappa shape index (κ2) is 4.46. The minimum Gasteiger partial charge on any atom is -0.406 e. The SMILES string of the molecule is CC(C)(C)c1ccc(ON2CCCC2)cc1. The molecule has 2 nitrogen and oxygen atoms in total. The van der Waals surface area contributed by atoms with Crippen LogP contribution in [0, 0.1) is 0 Å². The molecule has 1 heterocycles. The lowest BCUT2D eigenvalue weighted by Gasteiger charge is -2.20. The van der Waals surface area contributed by atoms with E-state index in [1.54, 1.807) is 0 Å². The molecule has 2 rings (SSSR count). The number of hydrogen-bond donors (Lipinski definition) is 0. The van der Waals surface area contributed by atoms with E-state index in [0.717, 1.165) is 18.8 Å². The summed E-state index contributed by atoms with van der Waals surface area (Å²) in [6, 6.07) is 8.45. The Morgan fingerprint density at radius 3 is 2.06 bits per heavy atom. The number of nitrogens with zero attached hydrogens (tertiary/aromatic N) is 1. The molecular formula is C14H21NO. The van der Waals surface area contributed by atoms with Crippen LogP contribution in [0.2, 0.25) is 0 Å². The first-order valence-electron chi connectivity index (χ1n) is 6.09. The number of benzene rings is 1. The van der Waals surface area contributed by atoms with Crippen LogP contribution in [0.15, 0.2) is 24.3 Å². The Morgan fingerprint density at radius 1 is 1.00 bits per heavy atom. The van der Waals surface area contributed by atoms with Gasteiger partial charge in [0.15, 0.2) is 0 Å². The molecule has 16 heavy (non-hydrogen) atoms. The van der Waals surface area contributed by atoms with Crippen molar-refractivity contribution in [3.05, 3.63) is 29.8 Å². The van der Waals surface area contributed by atoms with Crippen LogP contribution in [-0.2, 0) is 5.41 Å². The molecule has 0 bridgehead atoms. The van der Waals surface area contributed by atoms with Gasteiger partial charge in [-0.25, -0.2) is 0 Å². The normalized spacial score (nSPS) is 17.7. The molecule has 2 heteroatoms. The number of hydrogen-bond acceptors (Lipinski definition) is 2. The van der Waals surface area contributed by atoms with Crippen molar-refractivity contribution >= 4 is 0 Å². The first-order valence-corrected chi connectivity index (χ1v) is 6.09. The van der Waals surface area contributed by atoms with Crippen LogP contribution in [0.4, 0.5) is 0 Å². The van der Waals surface area contributed by atoms with Gasteiger partial charge >= 0.3 is 0 Å². The molecule has 1 aliphatic heterocycles. The summed E-state index contributed by atoms with van der Waals surface area (Å²) >= 11 is 0. The highest BCUT2D eigenvalue weighted by atomic mass is 16.7. The Kier molecular flexibility index (Phi) is 3.20. The van der Waals surface area contributed by atoms with Crippen molar-refractivity contribution in [2.45, 2.75) is 39.0 Å². The fraction of sp³-hybridized carbons (Fsp3) is 0.571. The Morgan fingerprint density at radius 2 is 1.56 bits per heavy atom. The van der Waals surface area contributed by atoms with Gasteiger partial charge in [-0.3, -0.25) is 0 Å². The summed E-state index contributed by atoms with van der Waals surface area (Å²) in [6.07, 6.45) is 2.50. The van der Waals surface area contributed by atoms with E-state index in [9.17, 15) is 0 Å². The Hall–Kier alpha value is -1.02. The fourth-order valence-corrected chi connectivity index (χ4v) is 1.94. The monoisotopic (exact) mass is 219 g/mol. The van der Waals surface area contributed by atoms with Gasteiger partial charge in [0.1, 0.15) is 5.75 Å². The van der Waals surface area contributed by atoms with Crippen LogP contribution in [0.3, 0.4) is 0 Å². The molecule has 1 aromatic carbocycles. The highest BCUT2D eigenvalue weighted by Crippen LogP contribution is 2.25. The molecule has 0 spiro atoms. The zero-order valence-electron chi connectivity index (χ0n) is 10.5. The van der Waals surface area contributed by atoms with Gasteiger partial charge in [0, 0.05) is 13.1 Å². The van der Waals surface area contributed by atoms with Crippen molar-refractivity contribution in [2.75, 3.05) is 13.1 Å². The van der Waals surface area contributed by atoms with Crippen LogP contribution < -0.4 is 4.84 Å². The van der Waals surface area contributed by atoms with Crippen molar-refractivity contribution < 1.29 is 4.84 Å². The maximum absolute atomic E-state index is 5.78. The van der Waals surface area contributed by atoms with E-state index in [0.29, 0.717) is 0 Å². The molecule has 88 valence electrons. The van der Waals surface area contributed by atoms with E-state index in [1.165, 1.54) is 18.4 Å². The third kappa shape index (κ3) is 2.76. The summed E-state index contributed by atoms with van der Waals surface area (Å²) in [5.74, 6) is 0.954. The lowest BCUT2D eigenvalue weighted by molar-refractivity contribution is -0.0346. The number of hydroxylamine groups is 2. The van der Waals surface area contributed by atoms with Gasteiger partial charge in [-0.2, -0.15) is 0 Å². The zero-order valence-corrected chi connectivity index (χ0v) is 10.5. The topological polar surface area (TPSA) is 12.5 Å². The molecule has 0 N–H and O–H groups in total. The van der Waals surface area contributed by atoms with E-state index >= 15 is 0 Å². The maximum atomic E-state index is 5.78. The quantitative estimate of drug-likeness (QED) is 0.756. The summed E-state index contributed by atoms with van der Waals surface area (Å²) in [5, 5.41) is 2.05. The van der Waals surface area contributed by atoms with Crippen molar-refractivity contribution in [2.24, 2.45) is 0 Å². The predicted molar refractivity (Wildman–Crippen MR) is 66.6 cm³/mol. The van der Waals surface area contributed by atoms with E-state index in [2.05, 4.69) is 45.0 Å². The smallest absolute Gasteiger partial charge is 0.147 e. The Bertz CT molecular complexity index is 331. The highest BCUT2D eigenvalue weighted by Gasteiger charge is 2.15. The highest BCUT2D eigenvalue weighted by molar-refractivity contribution is 5.30. The molecule has 1 aliphatic rings. The summed E-state index contributed by atoms with van der Waals surface area (Å²) in [6.45, 7) is 8.79. The van der Waals surface area contributed by atoms with Gasteiger partial charge in [-0.15, -0.1) is 5.06 Å². The second-order valence-electron chi connectivity index (χ2n) is 5.50. The largest absolute Gasteiger partial charge is 0.406 e. The maximum Gasteiger partial charge on any atom is 0.147 e. The molecule has 0 aromatic heterocycles. The fourth-order valence-electron chi connectivity index (χ4n) is 1.94. The molecule has 0 radical (unpaired) electrons. The summed E-state index contributed by atoms with van der Waals surface area (Å²) < 4.78 is 0. The molecule has 0 atom stereocenters. The summed E-state index contributed by atoms with van der Waals surface area (Å²) in [7, 11) is 0. The van der Waals surface area contributed by atoms with E-state index < -0.39 is 0 Å². The van der Waals surface area contributed by atoms with Gasteiger partial charge in [0.05, 0.1) is 0 Å². The average molecular weight is 219 g/mol. The van der Waals surface area contributed by atoms with E-state index in [-0.39, 0.29) is 5.41 Å². The number of rotatable bonds is 2. The minimum atomic E-state index is 0.214. The molecular weight excluding hydrogens is 198 g/mol. The average Bonchev–Trinajstić information content (AvgIpc) is 2.70. The Labute approximate surface area is 98.2 Å². The first kappa shape index (κ1) is 11.5. The van der Waals surface area contributed by atoms with Crippen LogP contribution in [-0.4, -0.2) is 18.2 Å². The van der Waals surface area contributed by atoms with Gasteiger partial charge in [0.2, 0.25) is 0 Å². The third-order valence-electron chi connectivity index (χ3n) is 3.02. The van der Waals surface area contributed by atoms with Crippen molar-refractivity contribution in [3.8, 4) is 5.75 Å². The van der Waals surface area contributed by atoms with Crippen molar-refractivity contribution in [1.29, 1.82) is 0 Å². The van der Waals surface area contributed by atoms with Crippen molar-refractivity contribution in [3.63, 3.8) is 0 Å². The molecule has 0 saturated carbocycles. The first-order chi connectivity index (χ1) is 7.55. The Balaban J connectivity index is 2.01. The third-order valence-corrected chi connectivity index (χ3v) is 3.02. The second-order valence-corrected chi connectivity index (χ2v) is 5.50. The van der Waals surface area contributed by atoms with E-state index in [4.69, 9.17) is 4.84 Å². The summed E-state index contributed by atoms with van der Waals surface area (Å²) in [4.78, 5) is 5.78. The lowest BCUT2D eigenvalue weighted by Crippen LogP contribution is -2.23.